The summed E-state index contributed by atoms with van der Waals surface area (Å²) in [6, 6.07) is 4.87. The van der Waals surface area contributed by atoms with E-state index in [0.717, 1.165) is 25.6 Å². The predicted octanol–water partition coefficient (Wildman–Crippen LogP) is 2.52. The van der Waals surface area contributed by atoms with Gasteiger partial charge in [0, 0.05) is 32.7 Å². The molecule has 0 unspecified atom stereocenters. The average molecular weight is 394 g/mol. The van der Waals surface area contributed by atoms with E-state index in [4.69, 9.17) is 0 Å². The van der Waals surface area contributed by atoms with Crippen molar-refractivity contribution in [2.24, 2.45) is 4.99 Å². The molecule has 108 valence electrons. The average Bonchev–Trinajstić information content (AvgIpc) is 2.93. The second-order valence-electron chi connectivity index (χ2n) is 4.46. The molecule has 1 aliphatic rings. The molecule has 1 aliphatic heterocycles. The number of nitrogens with zero attached hydrogens (tertiary/aromatic N) is 2. The number of piperidine rings is 1. The lowest BCUT2D eigenvalue weighted by Crippen LogP contribution is -2.48. The Bertz CT molecular complexity index is 372. The fraction of sp³-hybridized carbons (Fsp3) is 0.615. The second-order valence-corrected chi connectivity index (χ2v) is 5.39. The van der Waals surface area contributed by atoms with Crippen molar-refractivity contribution in [2.45, 2.75) is 25.8 Å². The van der Waals surface area contributed by atoms with Crippen molar-refractivity contribution < 1.29 is 0 Å². The van der Waals surface area contributed by atoms with E-state index in [9.17, 15) is 0 Å². The summed E-state index contributed by atoms with van der Waals surface area (Å²) >= 11 is 1.83. The molecule has 0 atom stereocenters. The number of hydrogen-bond donors (Lipinski definition) is 2. The van der Waals surface area contributed by atoms with Crippen molar-refractivity contribution in [3.05, 3.63) is 17.5 Å². The van der Waals surface area contributed by atoms with Crippen LogP contribution >= 0.6 is 35.3 Å². The molecule has 6 heteroatoms. The van der Waals surface area contributed by atoms with Gasteiger partial charge in [0.25, 0.3) is 0 Å². The first-order valence-electron chi connectivity index (χ1n) is 6.59. The summed E-state index contributed by atoms with van der Waals surface area (Å²) in [7, 11) is 1.83. The van der Waals surface area contributed by atoms with Crippen molar-refractivity contribution in [1.82, 2.24) is 10.6 Å². The SMILES string of the molecule is CCNC(=NC)NC1CCN(c2cccs2)CC1.I. The zero-order valence-electron chi connectivity index (χ0n) is 11.6. The molecule has 1 fully saturated rings. The van der Waals surface area contributed by atoms with E-state index in [2.05, 4.69) is 45.0 Å². The molecular weight excluding hydrogens is 371 g/mol. The van der Waals surface area contributed by atoms with Gasteiger partial charge < -0.3 is 15.5 Å². The lowest BCUT2D eigenvalue weighted by atomic mass is 10.1. The Kier molecular flexibility index (Phi) is 7.52. The van der Waals surface area contributed by atoms with Crippen LogP contribution in [0.1, 0.15) is 19.8 Å². The van der Waals surface area contributed by atoms with Gasteiger partial charge in [-0.05, 0) is 37.3 Å². The molecule has 2 rings (SSSR count). The van der Waals surface area contributed by atoms with E-state index in [1.165, 1.54) is 17.8 Å². The first-order chi connectivity index (χ1) is 8.83. The molecule has 2 heterocycles. The maximum Gasteiger partial charge on any atom is 0.191 e. The van der Waals surface area contributed by atoms with Crippen molar-refractivity contribution in [1.29, 1.82) is 0 Å². The third-order valence-corrected chi connectivity index (χ3v) is 4.15. The topological polar surface area (TPSA) is 39.7 Å². The molecule has 1 saturated heterocycles. The molecule has 0 bridgehead atoms. The number of hydrogen-bond acceptors (Lipinski definition) is 3. The van der Waals surface area contributed by atoms with Crippen LogP contribution in [0.15, 0.2) is 22.5 Å². The van der Waals surface area contributed by atoms with Gasteiger partial charge in [0.2, 0.25) is 0 Å². The highest BCUT2D eigenvalue weighted by molar-refractivity contribution is 14.0. The zero-order valence-corrected chi connectivity index (χ0v) is 14.7. The molecule has 0 aromatic carbocycles. The predicted molar refractivity (Wildman–Crippen MR) is 95.1 cm³/mol. The molecule has 0 amide bonds. The van der Waals surface area contributed by atoms with Crippen LogP contribution in [0, 0.1) is 0 Å². The van der Waals surface area contributed by atoms with Gasteiger partial charge in [-0.3, -0.25) is 4.99 Å². The Morgan fingerprint density at radius 1 is 1.47 bits per heavy atom. The van der Waals surface area contributed by atoms with Gasteiger partial charge >= 0.3 is 0 Å². The molecule has 0 saturated carbocycles. The quantitative estimate of drug-likeness (QED) is 0.470. The van der Waals surface area contributed by atoms with Crippen LogP contribution in [-0.2, 0) is 0 Å². The Morgan fingerprint density at radius 2 is 2.21 bits per heavy atom. The monoisotopic (exact) mass is 394 g/mol. The fourth-order valence-corrected chi connectivity index (χ4v) is 3.03. The van der Waals surface area contributed by atoms with Crippen LogP contribution in [-0.4, -0.2) is 38.7 Å². The van der Waals surface area contributed by atoms with Gasteiger partial charge in [-0.25, -0.2) is 0 Å². The number of guanidine groups is 1. The number of aliphatic imine (C=N–C) groups is 1. The fourth-order valence-electron chi connectivity index (χ4n) is 2.25. The molecule has 0 spiro atoms. The Labute approximate surface area is 136 Å². The standard InChI is InChI=1S/C13H22N4S.HI/c1-3-15-13(14-2)16-11-6-8-17(9-7-11)12-5-4-10-18-12;/h4-5,10-11H,3,6-9H2,1-2H3,(H2,14,15,16);1H. The number of anilines is 1. The van der Waals surface area contributed by atoms with Crippen LogP contribution in [0.3, 0.4) is 0 Å². The lowest BCUT2D eigenvalue weighted by Gasteiger charge is -2.33. The first kappa shape index (κ1) is 16.6. The minimum atomic E-state index is 0. The maximum atomic E-state index is 4.22. The highest BCUT2D eigenvalue weighted by atomic mass is 127. The first-order valence-corrected chi connectivity index (χ1v) is 7.47. The van der Waals surface area contributed by atoms with E-state index in [-0.39, 0.29) is 24.0 Å². The van der Waals surface area contributed by atoms with Crippen LogP contribution in [0.4, 0.5) is 5.00 Å². The summed E-state index contributed by atoms with van der Waals surface area (Å²) in [5.41, 5.74) is 0. The van der Waals surface area contributed by atoms with Gasteiger partial charge in [0.15, 0.2) is 5.96 Å². The van der Waals surface area contributed by atoms with E-state index in [1.807, 2.05) is 18.4 Å². The third kappa shape index (κ3) is 4.83. The Balaban J connectivity index is 0.00000180. The van der Waals surface area contributed by atoms with Crippen molar-refractivity contribution >= 4 is 46.3 Å². The largest absolute Gasteiger partial charge is 0.363 e. The maximum absolute atomic E-state index is 4.22. The van der Waals surface area contributed by atoms with Crippen LogP contribution < -0.4 is 15.5 Å². The van der Waals surface area contributed by atoms with Gasteiger partial charge in [0.1, 0.15) is 0 Å². The summed E-state index contributed by atoms with van der Waals surface area (Å²) in [5, 5.41) is 10.3. The molecular formula is C13H23IN4S. The van der Waals surface area contributed by atoms with Crippen LogP contribution in [0.2, 0.25) is 0 Å². The molecule has 0 aliphatic carbocycles. The van der Waals surface area contributed by atoms with E-state index >= 15 is 0 Å². The third-order valence-electron chi connectivity index (χ3n) is 3.22. The highest BCUT2D eigenvalue weighted by Crippen LogP contribution is 2.24. The van der Waals surface area contributed by atoms with E-state index in [0.29, 0.717) is 6.04 Å². The summed E-state index contributed by atoms with van der Waals surface area (Å²) < 4.78 is 0. The minimum absolute atomic E-state index is 0. The number of halogens is 1. The smallest absolute Gasteiger partial charge is 0.191 e. The summed E-state index contributed by atoms with van der Waals surface area (Å²) in [6.07, 6.45) is 2.34. The van der Waals surface area contributed by atoms with E-state index in [1.54, 1.807) is 0 Å². The number of rotatable bonds is 3. The van der Waals surface area contributed by atoms with Gasteiger partial charge in [0.05, 0.1) is 5.00 Å². The van der Waals surface area contributed by atoms with Crippen LogP contribution in [0.25, 0.3) is 0 Å². The lowest BCUT2D eigenvalue weighted by molar-refractivity contribution is 0.463. The molecule has 1 aromatic rings. The number of nitrogens with one attached hydrogen (secondary N) is 2. The van der Waals surface area contributed by atoms with Gasteiger partial charge in [-0.1, -0.05) is 0 Å². The molecule has 0 radical (unpaired) electrons. The van der Waals surface area contributed by atoms with Gasteiger partial charge in [-0.2, -0.15) is 0 Å². The minimum Gasteiger partial charge on any atom is -0.363 e. The molecule has 1 aromatic heterocycles. The zero-order chi connectivity index (χ0) is 12.8. The second kappa shape index (κ2) is 8.63. The number of thiophene rings is 1. The van der Waals surface area contributed by atoms with Crippen molar-refractivity contribution in [2.75, 3.05) is 31.6 Å². The summed E-state index contributed by atoms with van der Waals surface area (Å²) in [4.78, 5) is 6.69. The Morgan fingerprint density at radius 3 is 2.74 bits per heavy atom. The normalized spacial score (nSPS) is 16.9. The molecule has 4 nitrogen and oxygen atoms in total. The van der Waals surface area contributed by atoms with Crippen LogP contribution in [0.5, 0.6) is 0 Å². The van der Waals surface area contributed by atoms with Crippen molar-refractivity contribution in [3.8, 4) is 0 Å². The van der Waals surface area contributed by atoms with E-state index < -0.39 is 0 Å². The van der Waals surface area contributed by atoms with Gasteiger partial charge in [-0.15, -0.1) is 35.3 Å². The van der Waals surface area contributed by atoms with Crippen molar-refractivity contribution in [3.63, 3.8) is 0 Å². The summed E-state index contributed by atoms with van der Waals surface area (Å²) in [5.74, 6) is 0.923. The molecule has 19 heavy (non-hydrogen) atoms. The molecule has 2 N–H and O–H groups in total. The Hall–Kier alpha value is -0.500. The highest BCUT2D eigenvalue weighted by Gasteiger charge is 2.20. The summed E-state index contributed by atoms with van der Waals surface area (Å²) in [6.45, 7) is 5.25.